The second-order valence-corrected chi connectivity index (χ2v) is 4.23. The first-order chi connectivity index (χ1) is 7.97. The van der Waals surface area contributed by atoms with Crippen LogP contribution in [0.4, 0.5) is 5.69 Å². The van der Waals surface area contributed by atoms with Crippen molar-refractivity contribution in [3.63, 3.8) is 0 Å². The van der Waals surface area contributed by atoms with Gasteiger partial charge in [0.05, 0.1) is 6.61 Å². The zero-order chi connectivity index (χ0) is 13.0. The number of nitrogens with two attached hydrogens (primary N) is 1. The van der Waals surface area contributed by atoms with Crippen molar-refractivity contribution in [2.24, 2.45) is 5.73 Å². The fourth-order valence-electron chi connectivity index (χ4n) is 1.56. The van der Waals surface area contributed by atoms with Crippen molar-refractivity contribution in [2.75, 3.05) is 25.7 Å². The summed E-state index contributed by atoms with van der Waals surface area (Å²) in [5.74, 6) is -0.143. The molecule has 0 spiro atoms. The van der Waals surface area contributed by atoms with Gasteiger partial charge in [0, 0.05) is 19.8 Å². The first-order valence-electron chi connectivity index (χ1n) is 5.56. The summed E-state index contributed by atoms with van der Waals surface area (Å²) in [6.45, 7) is 4.29. The van der Waals surface area contributed by atoms with Gasteiger partial charge in [-0.25, -0.2) is 0 Å². The molecule has 1 aromatic rings. The average Bonchev–Trinajstić information content (AvgIpc) is 2.31. The third-order valence-electron chi connectivity index (χ3n) is 2.87. The lowest BCUT2D eigenvalue weighted by Gasteiger charge is -2.21. The molecule has 0 radical (unpaired) electrons. The van der Waals surface area contributed by atoms with E-state index in [4.69, 9.17) is 10.5 Å². The number of methoxy groups -OCH3 is 1. The standard InChI is InChI=1S/C13H20N2O2.ClH/c1-9-5-6-11(7-10(9)2)15(3)13(16)12(14)8-17-4;/h5-7,12H,8,14H2,1-4H3;1H. The summed E-state index contributed by atoms with van der Waals surface area (Å²) in [4.78, 5) is 13.5. The van der Waals surface area contributed by atoms with E-state index in [1.807, 2.05) is 32.0 Å². The minimum atomic E-state index is -0.619. The highest BCUT2D eigenvalue weighted by Crippen LogP contribution is 2.18. The number of amides is 1. The van der Waals surface area contributed by atoms with Crippen LogP contribution in [0.5, 0.6) is 0 Å². The lowest BCUT2D eigenvalue weighted by atomic mass is 10.1. The van der Waals surface area contributed by atoms with E-state index in [1.165, 1.54) is 12.7 Å². The van der Waals surface area contributed by atoms with Crippen LogP contribution in [0.3, 0.4) is 0 Å². The Balaban J connectivity index is 0.00000289. The molecule has 4 nitrogen and oxygen atoms in total. The van der Waals surface area contributed by atoms with Crippen LogP contribution in [0.15, 0.2) is 18.2 Å². The number of nitrogens with zero attached hydrogens (tertiary/aromatic N) is 1. The monoisotopic (exact) mass is 272 g/mol. The molecule has 0 aliphatic rings. The summed E-state index contributed by atoms with van der Waals surface area (Å²) >= 11 is 0. The van der Waals surface area contributed by atoms with Crippen LogP contribution in [-0.4, -0.2) is 32.7 Å². The molecule has 0 bridgehead atoms. The maximum atomic E-state index is 12.0. The molecule has 0 fully saturated rings. The van der Waals surface area contributed by atoms with Gasteiger partial charge in [0.2, 0.25) is 5.91 Å². The molecule has 0 aromatic heterocycles. The van der Waals surface area contributed by atoms with E-state index < -0.39 is 6.04 Å². The maximum Gasteiger partial charge on any atom is 0.246 e. The first-order valence-corrected chi connectivity index (χ1v) is 5.56. The Morgan fingerprint density at radius 2 is 2.00 bits per heavy atom. The van der Waals surface area contributed by atoms with Crippen LogP contribution >= 0.6 is 12.4 Å². The van der Waals surface area contributed by atoms with E-state index in [9.17, 15) is 4.79 Å². The number of carbonyl (C=O) groups excluding carboxylic acids is 1. The summed E-state index contributed by atoms with van der Waals surface area (Å²) in [6, 6.07) is 5.27. The van der Waals surface area contributed by atoms with Gasteiger partial charge in [-0.3, -0.25) is 4.79 Å². The Kier molecular flexibility index (Phi) is 6.91. The zero-order valence-corrected chi connectivity index (χ0v) is 12.1. The molecule has 0 heterocycles. The Labute approximate surface area is 115 Å². The fourth-order valence-corrected chi connectivity index (χ4v) is 1.56. The highest BCUT2D eigenvalue weighted by Gasteiger charge is 2.19. The minimum Gasteiger partial charge on any atom is -0.383 e. The lowest BCUT2D eigenvalue weighted by Crippen LogP contribution is -2.44. The predicted molar refractivity (Wildman–Crippen MR) is 76.4 cm³/mol. The highest BCUT2D eigenvalue weighted by atomic mass is 35.5. The topological polar surface area (TPSA) is 55.6 Å². The number of hydrogen-bond acceptors (Lipinski definition) is 3. The first kappa shape index (κ1) is 16.9. The fraction of sp³-hybridized carbons (Fsp3) is 0.462. The summed E-state index contributed by atoms with van der Waals surface area (Å²) in [5, 5.41) is 0. The number of halogens is 1. The van der Waals surface area contributed by atoms with Gasteiger partial charge in [-0.1, -0.05) is 6.07 Å². The zero-order valence-electron chi connectivity index (χ0n) is 11.3. The lowest BCUT2D eigenvalue weighted by molar-refractivity contribution is -0.120. The normalized spacial score (nSPS) is 11.6. The van der Waals surface area contributed by atoms with Gasteiger partial charge in [0.1, 0.15) is 6.04 Å². The van der Waals surface area contributed by atoms with Gasteiger partial charge in [-0.2, -0.15) is 0 Å². The molecule has 2 N–H and O–H groups in total. The molecule has 1 unspecified atom stereocenters. The number of carbonyl (C=O) groups is 1. The second kappa shape index (κ2) is 7.36. The number of hydrogen-bond donors (Lipinski definition) is 1. The molecule has 0 saturated carbocycles. The molecule has 0 aliphatic heterocycles. The number of likely N-dealkylation sites (N-methyl/N-ethyl adjacent to an activating group) is 1. The van der Waals surface area contributed by atoms with Crippen molar-refractivity contribution < 1.29 is 9.53 Å². The van der Waals surface area contributed by atoms with Crippen molar-refractivity contribution in [1.29, 1.82) is 0 Å². The number of ether oxygens (including phenoxy) is 1. The molecular formula is C13H21ClN2O2. The summed E-state index contributed by atoms with van der Waals surface area (Å²) in [7, 11) is 3.26. The van der Waals surface area contributed by atoms with E-state index >= 15 is 0 Å². The Morgan fingerprint density at radius 1 is 1.39 bits per heavy atom. The molecule has 102 valence electrons. The van der Waals surface area contributed by atoms with Gasteiger partial charge in [-0.05, 0) is 37.1 Å². The molecule has 0 saturated heterocycles. The smallest absolute Gasteiger partial charge is 0.246 e. The minimum absolute atomic E-state index is 0. The third-order valence-corrected chi connectivity index (χ3v) is 2.87. The summed E-state index contributed by atoms with van der Waals surface area (Å²) < 4.78 is 4.88. The van der Waals surface area contributed by atoms with Crippen molar-refractivity contribution in [3.8, 4) is 0 Å². The SMILES string of the molecule is COCC(N)C(=O)N(C)c1ccc(C)c(C)c1.Cl. The Hall–Kier alpha value is -1.10. The Bertz CT molecular complexity index is 410. The van der Waals surface area contributed by atoms with E-state index in [0.717, 1.165) is 11.3 Å². The van der Waals surface area contributed by atoms with Gasteiger partial charge in [0.15, 0.2) is 0 Å². The largest absolute Gasteiger partial charge is 0.383 e. The maximum absolute atomic E-state index is 12.0. The third kappa shape index (κ3) is 3.98. The quantitative estimate of drug-likeness (QED) is 0.907. The molecule has 18 heavy (non-hydrogen) atoms. The molecule has 1 atom stereocenters. The summed E-state index contributed by atoms with van der Waals surface area (Å²) in [6.07, 6.45) is 0. The van der Waals surface area contributed by atoms with Gasteiger partial charge >= 0.3 is 0 Å². The molecular weight excluding hydrogens is 252 g/mol. The average molecular weight is 273 g/mol. The number of benzene rings is 1. The van der Waals surface area contributed by atoms with Gasteiger partial charge in [0.25, 0.3) is 0 Å². The predicted octanol–water partition coefficient (Wildman–Crippen LogP) is 1.66. The number of rotatable bonds is 4. The number of aryl methyl sites for hydroxylation is 2. The van der Waals surface area contributed by atoms with Crippen LogP contribution in [0, 0.1) is 13.8 Å². The molecule has 0 aliphatic carbocycles. The van der Waals surface area contributed by atoms with Crippen LogP contribution < -0.4 is 10.6 Å². The highest BCUT2D eigenvalue weighted by molar-refractivity contribution is 5.96. The van der Waals surface area contributed by atoms with Crippen molar-refractivity contribution in [1.82, 2.24) is 0 Å². The van der Waals surface area contributed by atoms with Crippen molar-refractivity contribution in [2.45, 2.75) is 19.9 Å². The van der Waals surface area contributed by atoms with Crippen LogP contribution in [0.25, 0.3) is 0 Å². The van der Waals surface area contributed by atoms with Gasteiger partial charge in [-0.15, -0.1) is 12.4 Å². The molecule has 1 rings (SSSR count). The van der Waals surface area contributed by atoms with Gasteiger partial charge < -0.3 is 15.4 Å². The second-order valence-electron chi connectivity index (χ2n) is 4.23. The van der Waals surface area contributed by atoms with Crippen LogP contribution in [0.1, 0.15) is 11.1 Å². The number of anilines is 1. The Morgan fingerprint density at radius 3 is 2.50 bits per heavy atom. The van der Waals surface area contributed by atoms with Crippen LogP contribution in [-0.2, 0) is 9.53 Å². The van der Waals surface area contributed by atoms with Crippen molar-refractivity contribution >= 4 is 24.0 Å². The van der Waals surface area contributed by atoms with E-state index in [1.54, 1.807) is 11.9 Å². The molecule has 5 heteroatoms. The molecule has 1 aromatic carbocycles. The molecule has 1 amide bonds. The summed E-state index contributed by atoms with van der Waals surface area (Å²) in [5.41, 5.74) is 8.93. The van der Waals surface area contributed by atoms with Crippen LogP contribution in [0.2, 0.25) is 0 Å². The van der Waals surface area contributed by atoms with E-state index in [0.29, 0.717) is 0 Å². The van der Waals surface area contributed by atoms with E-state index in [-0.39, 0.29) is 24.9 Å². The van der Waals surface area contributed by atoms with Crippen molar-refractivity contribution in [3.05, 3.63) is 29.3 Å². The van der Waals surface area contributed by atoms with E-state index in [2.05, 4.69) is 0 Å².